The number of anilines is 2. The van der Waals surface area contributed by atoms with Gasteiger partial charge in [0, 0.05) is 30.8 Å². The van der Waals surface area contributed by atoms with Gasteiger partial charge in [-0.25, -0.2) is 0 Å². The van der Waals surface area contributed by atoms with Gasteiger partial charge in [0.15, 0.2) is 5.16 Å². The smallest absolute Gasteiger partial charge is 0.240 e. The maximum Gasteiger partial charge on any atom is 0.240 e. The normalized spacial score (nSPS) is 14.1. The summed E-state index contributed by atoms with van der Waals surface area (Å²) in [4.78, 5) is 26.5. The molecule has 0 radical (unpaired) electrons. The molecule has 32 heavy (non-hydrogen) atoms. The first-order chi connectivity index (χ1) is 15.5. The average molecular weight is 450 g/mol. The van der Waals surface area contributed by atoms with Crippen LogP contribution in [0.3, 0.4) is 0 Å². The van der Waals surface area contributed by atoms with Crippen LogP contribution >= 0.6 is 11.8 Å². The summed E-state index contributed by atoms with van der Waals surface area (Å²) in [5.74, 6) is 1.19. The third-order valence-electron chi connectivity index (χ3n) is 5.31. The largest absolute Gasteiger partial charge is 0.326 e. The van der Waals surface area contributed by atoms with Gasteiger partial charge in [-0.1, -0.05) is 36.0 Å². The molecule has 0 aliphatic heterocycles. The molecule has 2 amide bonds. The van der Waals surface area contributed by atoms with Gasteiger partial charge >= 0.3 is 0 Å². The van der Waals surface area contributed by atoms with Gasteiger partial charge in [-0.3, -0.25) is 14.2 Å². The number of para-hydroxylation sites is 1. The standard InChI is InChI=1S/C24H27N5O2S/c1-4-28(20-10-6-5-7-11-20)23(31)16(2)32-24-27-26-22(18-13-14-18)29(24)21-12-8-9-19(15-21)25-17(3)30/h5-12,15-16,18H,4,13-14H2,1-3H3,(H,25,30). The number of carbonyl (C=O) groups excluding carboxylic acids is 2. The predicted octanol–water partition coefficient (Wildman–Crippen LogP) is 4.64. The summed E-state index contributed by atoms with van der Waals surface area (Å²) >= 11 is 1.41. The lowest BCUT2D eigenvalue weighted by molar-refractivity contribution is -0.118. The number of carbonyl (C=O) groups is 2. The van der Waals surface area contributed by atoms with Crippen molar-refractivity contribution in [3.63, 3.8) is 0 Å². The Morgan fingerprint density at radius 2 is 1.91 bits per heavy atom. The Morgan fingerprint density at radius 3 is 2.56 bits per heavy atom. The number of thioether (sulfide) groups is 1. The summed E-state index contributed by atoms with van der Waals surface area (Å²) in [5, 5.41) is 12.1. The minimum absolute atomic E-state index is 0.0261. The van der Waals surface area contributed by atoms with E-state index in [2.05, 4.69) is 15.5 Å². The molecule has 7 nitrogen and oxygen atoms in total. The molecule has 1 aromatic heterocycles. The summed E-state index contributed by atoms with van der Waals surface area (Å²) in [6, 6.07) is 17.3. The highest BCUT2D eigenvalue weighted by molar-refractivity contribution is 8.00. The SMILES string of the molecule is CCN(C(=O)C(C)Sc1nnc(C2CC2)n1-c1cccc(NC(C)=O)c1)c1ccccc1. The van der Waals surface area contributed by atoms with Crippen LogP contribution in [0.5, 0.6) is 0 Å². The summed E-state index contributed by atoms with van der Waals surface area (Å²) in [6.07, 6.45) is 2.17. The topological polar surface area (TPSA) is 80.1 Å². The number of rotatable bonds is 8. The molecule has 2 aromatic carbocycles. The molecule has 0 spiro atoms. The molecule has 1 aliphatic rings. The number of hydrogen-bond acceptors (Lipinski definition) is 5. The van der Waals surface area contributed by atoms with Crippen molar-refractivity contribution >= 4 is 35.0 Å². The summed E-state index contributed by atoms with van der Waals surface area (Å²) in [7, 11) is 0. The van der Waals surface area contributed by atoms with Crippen molar-refractivity contribution in [1.82, 2.24) is 14.8 Å². The zero-order valence-electron chi connectivity index (χ0n) is 18.5. The molecular formula is C24H27N5O2S. The fourth-order valence-electron chi connectivity index (χ4n) is 3.63. The molecule has 1 N–H and O–H groups in total. The lowest BCUT2D eigenvalue weighted by Crippen LogP contribution is -2.36. The fraction of sp³-hybridized carbons (Fsp3) is 0.333. The average Bonchev–Trinajstić information content (AvgIpc) is 3.55. The Labute approximate surface area is 192 Å². The van der Waals surface area contributed by atoms with Gasteiger partial charge in [-0.15, -0.1) is 10.2 Å². The molecule has 0 saturated heterocycles. The molecule has 1 heterocycles. The lowest BCUT2D eigenvalue weighted by Gasteiger charge is -2.24. The molecule has 1 aliphatic carbocycles. The molecule has 1 atom stereocenters. The Bertz CT molecular complexity index is 1110. The maximum atomic E-state index is 13.3. The van der Waals surface area contributed by atoms with E-state index in [4.69, 9.17) is 0 Å². The van der Waals surface area contributed by atoms with Crippen molar-refractivity contribution in [2.75, 3.05) is 16.8 Å². The third kappa shape index (κ3) is 4.85. The zero-order chi connectivity index (χ0) is 22.7. The number of hydrogen-bond donors (Lipinski definition) is 1. The van der Waals surface area contributed by atoms with Gasteiger partial charge in [-0.2, -0.15) is 0 Å². The lowest BCUT2D eigenvalue weighted by atomic mass is 10.2. The summed E-state index contributed by atoms with van der Waals surface area (Å²) in [5.41, 5.74) is 2.48. The molecule has 3 aromatic rings. The van der Waals surface area contributed by atoms with E-state index in [-0.39, 0.29) is 17.1 Å². The van der Waals surface area contributed by atoms with Crippen LogP contribution in [0.25, 0.3) is 5.69 Å². The van der Waals surface area contributed by atoms with Crippen LogP contribution in [-0.2, 0) is 9.59 Å². The molecule has 0 bridgehead atoms. The van der Waals surface area contributed by atoms with Crippen LogP contribution in [0, 0.1) is 0 Å². The van der Waals surface area contributed by atoms with E-state index in [0.717, 1.165) is 30.0 Å². The molecule has 4 rings (SSSR count). The Hall–Kier alpha value is -3.13. The monoisotopic (exact) mass is 449 g/mol. The van der Waals surface area contributed by atoms with Crippen molar-refractivity contribution in [3.8, 4) is 5.69 Å². The number of benzene rings is 2. The minimum atomic E-state index is -0.344. The predicted molar refractivity (Wildman–Crippen MR) is 127 cm³/mol. The van der Waals surface area contributed by atoms with Crippen LogP contribution in [0.1, 0.15) is 45.4 Å². The first-order valence-electron chi connectivity index (χ1n) is 10.8. The summed E-state index contributed by atoms with van der Waals surface area (Å²) in [6.45, 7) is 5.96. The van der Waals surface area contributed by atoms with E-state index < -0.39 is 0 Å². The van der Waals surface area contributed by atoms with Crippen LogP contribution < -0.4 is 10.2 Å². The van der Waals surface area contributed by atoms with Crippen molar-refractivity contribution in [3.05, 3.63) is 60.4 Å². The van der Waals surface area contributed by atoms with Gasteiger partial charge in [0.05, 0.1) is 10.9 Å². The fourth-order valence-corrected chi connectivity index (χ4v) is 4.57. The van der Waals surface area contributed by atoms with Crippen molar-refractivity contribution in [2.24, 2.45) is 0 Å². The first-order valence-corrected chi connectivity index (χ1v) is 11.7. The first kappa shape index (κ1) is 22.1. The van der Waals surface area contributed by atoms with Gasteiger partial charge in [0.25, 0.3) is 0 Å². The molecule has 1 fully saturated rings. The van der Waals surface area contributed by atoms with E-state index in [1.807, 2.05) is 73.0 Å². The van der Waals surface area contributed by atoms with Gasteiger partial charge < -0.3 is 10.2 Å². The highest BCUT2D eigenvalue weighted by Crippen LogP contribution is 2.41. The Morgan fingerprint density at radius 1 is 1.16 bits per heavy atom. The van der Waals surface area contributed by atoms with Crippen LogP contribution in [-0.4, -0.2) is 38.4 Å². The van der Waals surface area contributed by atoms with Gasteiger partial charge in [-0.05, 0) is 57.0 Å². The maximum absolute atomic E-state index is 13.3. The quantitative estimate of drug-likeness (QED) is 0.507. The molecule has 1 saturated carbocycles. The second-order valence-corrected chi connectivity index (χ2v) is 9.17. The van der Waals surface area contributed by atoms with Crippen molar-refractivity contribution in [2.45, 2.75) is 49.9 Å². The number of aromatic nitrogens is 3. The van der Waals surface area contributed by atoms with E-state index >= 15 is 0 Å². The Balaban J connectivity index is 1.62. The van der Waals surface area contributed by atoms with Crippen molar-refractivity contribution in [1.29, 1.82) is 0 Å². The second-order valence-electron chi connectivity index (χ2n) is 7.86. The number of amides is 2. The minimum Gasteiger partial charge on any atom is -0.326 e. The van der Waals surface area contributed by atoms with E-state index in [0.29, 0.717) is 23.3 Å². The molecule has 166 valence electrons. The Kier molecular flexibility index (Phi) is 6.60. The number of nitrogens with one attached hydrogen (secondary N) is 1. The molecule has 8 heteroatoms. The molecular weight excluding hydrogens is 422 g/mol. The second kappa shape index (κ2) is 9.56. The zero-order valence-corrected chi connectivity index (χ0v) is 19.3. The highest BCUT2D eigenvalue weighted by Gasteiger charge is 2.32. The van der Waals surface area contributed by atoms with Crippen LogP contribution in [0.2, 0.25) is 0 Å². The molecule has 1 unspecified atom stereocenters. The van der Waals surface area contributed by atoms with Crippen LogP contribution in [0.15, 0.2) is 59.8 Å². The van der Waals surface area contributed by atoms with E-state index in [1.54, 1.807) is 4.90 Å². The van der Waals surface area contributed by atoms with E-state index in [1.165, 1.54) is 18.7 Å². The summed E-state index contributed by atoms with van der Waals surface area (Å²) < 4.78 is 2.02. The van der Waals surface area contributed by atoms with Gasteiger partial charge in [0.1, 0.15) is 5.82 Å². The van der Waals surface area contributed by atoms with E-state index in [9.17, 15) is 9.59 Å². The van der Waals surface area contributed by atoms with Gasteiger partial charge in [0.2, 0.25) is 11.8 Å². The highest BCUT2D eigenvalue weighted by atomic mass is 32.2. The van der Waals surface area contributed by atoms with Crippen LogP contribution in [0.4, 0.5) is 11.4 Å². The number of nitrogens with zero attached hydrogens (tertiary/aromatic N) is 4. The third-order valence-corrected chi connectivity index (χ3v) is 6.34. The van der Waals surface area contributed by atoms with Crippen molar-refractivity contribution < 1.29 is 9.59 Å².